The molecule has 1 aromatic heterocycles. The number of hydrogen-bond donors (Lipinski definition) is 0. The highest BCUT2D eigenvalue weighted by Crippen LogP contribution is 2.30. The molecule has 5 nitrogen and oxygen atoms in total. The first-order chi connectivity index (χ1) is 16.2. The van der Waals surface area contributed by atoms with Crippen molar-refractivity contribution in [2.24, 2.45) is 5.10 Å². The van der Waals surface area contributed by atoms with Crippen LogP contribution in [0.25, 0.3) is 39.0 Å². The van der Waals surface area contributed by atoms with Gasteiger partial charge in [-0.2, -0.15) is 5.10 Å². The van der Waals surface area contributed by atoms with Gasteiger partial charge in [0.1, 0.15) is 12.5 Å². The third-order valence-corrected chi connectivity index (χ3v) is 6.19. The molecule has 5 heteroatoms. The maximum absolute atomic E-state index is 4.95. The maximum atomic E-state index is 4.95. The van der Waals surface area contributed by atoms with Gasteiger partial charge in [0.2, 0.25) is 0 Å². The summed E-state index contributed by atoms with van der Waals surface area (Å²) in [6, 6.07) is 25.3. The van der Waals surface area contributed by atoms with Gasteiger partial charge in [-0.05, 0) is 47.1 Å². The van der Waals surface area contributed by atoms with E-state index in [2.05, 4.69) is 94.9 Å². The largest absolute Gasteiger partial charge is 0.339 e. The minimum atomic E-state index is 0.132. The van der Waals surface area contributed by atoms with E-state index in [0.717, 1.165) is 33.9 Å². The predicted molar refractivity (Wildman–Crippen MR) is 134 cm³/mol. The molecule has 4 aromatic rings. The van der Waals surface area contributed by atoms with Crippen molar-refractivity contribution < 1.29 is 0 Å². The molecule has 2 aliphatic heterocycles. The fourth-order valence-electron chi connectivity index (χ4n) is 4.45. The van der Waals surface area contributed by atoms with E-state index in [9.17, 15) is 0 Å². The zero-order valence-electron chi connectivity index (χ0n) is 18.6. The summed E-state index contributed by atoms with van der Waals surface area (Å²) in [4.78, 5) is 11.8. The topological polar surface area (TPSA) is 44.6 Å². The van der Waals surface area contributed by atoms with E-state index in [0.29, 0.717) is 0 Å². The Kier molecular flexibility index (Phi) is 4.54. The lowest BCUT2D eigenvalue weighted by Crippen LogP contribution is -2.34. The van der Waals surface area contributed by atoms with Crippen LogP contribution in [0.4, 0.5) is 0 Å². The van der Waals surface area contributed by atoms with Gasteiger partial charge in [0, 0.05) is 30.1 Å². The Labute approximate surface area is 193 Å². The lowest BCUT2D eigenvalue weighted by Gasteiger charge is -2.26. The van der Waals surface area contributed by atoms with Crippen LogP contribution in [0, 0.1) is 6.92 Å². The summed E-state index contributed by atoms with van der Waals surface area (Å²) in [7, 11) is 2.03. The van der Waals surface area contributed by atoms with Crippen molar-refractivity contribution >= 4 is 22.7 Å². The van der Waals surface area contributed by atoms with Crippen molar-refractivity contribution in [2.45, 2.75) is 13.1 Å². The molecule has 160 valence electrons. The zero-order valence-corrected chi connectivity index (χ0v) is 18.6. The van der Waals surface area contributed by atoms with E-state index in [1.165, 1.54) is 16.3 Å². The minimum absolute atomic E-state index is 0.132. The van der Waals surface area contributed by atoms with E-state index in [-0.39, 0.29) is 6.17 Å². The van der Waals surface area contributed by atoms with E-state index < -0.39 is 0 Å². The first kappa shape index (κ1) is 19.4. The lowest BCUT2D eigenvalue weighted by molar-refractivity contribution is 0.255. The molecule has 2 aliphatic rings. The Hall–Kier alpha value is -4.25. The van der Waals surface area contributed by atoms with Crippen LogP contribution in [-0.2, 0) is 0 Å². The van der Waals surface area contributed by atoms with Crippen LogP contribution in [-0.4, -0.2) is 39.4 Å². The number of hydrogen-bond acceptors (Lipinski definition) is 5. The molecule has 1 atom stereocenters. The van der Waals surface area contributed by atoms with E-state index in [1.54, 1.807) is 0 Å². The molecule has 6 rings (SSSR count). The SMILES string of the molecule is Cc1cc(-c2cccc3ccccc23)nc(-c2ccc(C3=CC4N(C)C=NN4C=C3)cc2)n1. The Morgan fingerprint density at radius 1 is 0.848 bits per heavy atom. The Morgan fingerprint density at radius 3 is 2.52 bits per heavy atom. The second-order valence-electron chi connectivity index (χ2n) is 8.45. The first-order valence-electron chi connectivity index (χ1n) is 11.0. The number of aryl methyl sites for hydroxylation is 1. The summed E-state index contributed by atoms with van der Waals surface area (Å²) in [5, 5.41) is 8.73. The molecule has 0 bridgehead atoms. The third-order valence-electron chi connectivity index (χ3n) is 6.19. The van der Waals surface area contributed by atoms with Crippen molar-refractivity contribution in [3.8, 4) is 22.6 Å². The van der Waals surface area contributed by atoms with Crippen LogP contribution in [0.5, 0.6) is 0 Å². The van der Waals surface area contributed by atoms with Crippen molar-refractivity contribution in [2.75, 3.05) is 7.05 Å². The van der Waals surface area contributed by atoms with Gasteiger partial charge < -0.3 is 4.90 Å². The maximum Gasteiger partial charge on any atom is 0.160 e. The molecule has 1 unspecified atom stereocenters. The molecule has 0 N–H and O–H groups in total. The number of nitrogens with zero attached hydrogens (tertiary/aromatic N) is 5. The second kappa shape index (κ2) is 7.71. The molecule has 0 aliphatic carbocycles. The monoisotopic (exact) mass is 429 g/mol. The van der Waals surface area contributed by atoms with Crippen LogP contribution >= 0.6 is 0 Å². The molecule has 3 aromatic carbocycles. The summed E-state index contributed by atoms with van der Waals surface area (Å²) in [6.07, 6.45) is 8.33. The molecule has 0 saturated carbocycles. The zero-order chi connectivity index (χ0) is 22.4. The van der Waals surface area contributed by atoms with Crippen LogP contribution in [0.2, 0.25) is 0 Å². The van der Waals surface area contributed by atoms with E-state index in [4.69, 9.17) is 9.97 Å². The van der Waals surface area contributed by atoms with Gasteiger partial charge in [0.15, 0.2) is 5.82 Å². The average molecular weight is 430 g/mol. The van der Waals surface area contributed by atoms with Gasteiger partial charge in [-0.1, -0.05) is 66.7 Å². The van der Waals surface area contributed by atoms with Crippen molar-refractivity contribution in [3.05, 3.63) is 102 Å². The molecule has 3 heterocycles. The van der Waals surface area contributed by atoms with Crippen molar-refractivity contribution in [1.29, 1.82) is 0 Å². The Bertz CT molecular complexity index is 1440. The average Bonchev–Trinajstić information content (AvgIpc) is 3.23. The first-order valence-corrected chi connectivity index (χ1v) is 11.0. The standard InChI is InChI=1S/C28H23N5/c1-19-16-26(25-9-5-7-21-6-3-4-8-24(21)25)31-28(30-19)22-12-10-20(11-13-22)23-14-15-33-27(17-23)32(2)18-29-33/h3-18,27H,1-2H3. The van der Waals surface area contributed by atoms with Gasteiger partial charge in [-0.15, -0.1) is 0 Å². The molecule has 0 amide bonds. The van der Waals surface area contributed by atoms with Crippen LogP contribution in [0.15, 0.2) is 96.2 Å². The fraction of sp³-hybridized carbons (Fsp3) is 0.107. The lowest BCUT2D eigenvalue weighted by atomic mass is 10.00. The summed E-state index contributed by atoms with van der Waals surface area (Å²) in [5.74, 6) is 0.743. The van der Waals surface area contributed by atoms with Crippen LogP contribution in [0.1, 0.15) is 11.3 Å². The van der Waals surface area contributed by atoms with E-state index >= 15 is 0 Å². The van der Waals surface area contributed by atoms with E-state index in [1.807, 2.05) is 31.5 Å². The summed E-state index contributed by atoms with van der Waals surface area (Å²) in [6.45, 7) is 2.03. The quantitative estimate of drug-likeness (QED) is 0.419. The smallest absolute Gasteiger partial charge is 0.160 e. The van der Waals surface area contributed by atoms with Crippen molar-refractivity contribution in [3.63, 3.8) is 0 Å². The fourth-order valence-corrected chi connectivity index (χ4v) is 4.45. The van der Waals surface area contributed by atoms with Crippen LogP contribution < -0.4 is 0 Å². The Balaban J connectivity index is 1.35. The van der Waals surface area contributed by atoms with Gasteiger partial charge in [0.25, 0.3) is 0 Å². The number of allylic oxidation sites excluding steroid dienone is 2. The highest BCUT2D eigenvalue weighted by Gasteiger charge is 2.24. The van der Waals surface area contributed by atoms with Gasteiger partial charge in [-0.3, -0.25) is 0 Å². The number of fused-ring (bicyclic) bond motifs is 2. The summed E-state index contributed by atoms with van der Waals surface area (Å²) < 4.78 is 0. The van der Waals surface area contributed by atoms with Gasteiger partial charge in [-0.25, -0.2) is 15.0 Å². The minimum Gasteiger partial charge on any atom is -0.339 e. The molecule has 0 fully saturated rings. The molecular weight excluding hydrogens is 406 g/mol. The molecule has 0 radical (unpaired) electrons. The number of aromatic nitrogens is 2. The van der Waals surface area contributed by atoms with Crippen LogP contribution in [0.3, 0.4) is 0 Å². The van der Waals surface area contributed by atoms with Gasteiger partial charge in [0.05, 0.1) is 5.69 Å². The predicted octanol–water partition coefficient (Wildman–Crippen LogP) is 5.70. The summed E-state index contributed by atoms with van der Waals surface area (Å²) >= 11 is 0. The normalized spacial score (nSPS) is 16.9. The molecule has 33 heavy (non-hydrogen) atoms. The number of hydrazone groups is 1. The second-order valence-corrected chi connectivity index (χ2v) is 8.45. The molecular formula is C28H23N5. The van der Waals surface area contributed by atoms with Gasteiger partial charge >= 0.3 is 0 Å². The number of rotatable bonds is 3. The highest BCUT2D eigenvalue weighted by molar-refractivity contribution is 5.96. The third kappa shape index (κ3) is 3.48. The van der Waals surface area contributed by atoms with Crippen molar-refractivity contribution in [1.82, 2.24) is 19.9 Å². The number of likely N-dealkylation sites (N-methyl/N-ethyl adjacent to an activating group) is 1. The highest BCUT2D eigenvalue weighted by atomic mass is 15.6. The number of benzene rings is 3. The molecule has 0 spiro atoms. The molecule has 0 saturated heterocycles. The summed E-state index contributed by atoms with van der Waals surface area (Å²) in [5.41, 5.74) is 6.38. The Morgan fingerprint density at radius 2 is 1.64 bits per heavy atom.